The largest absolute Gasteiger partial charge is 0.206 e. The fraction of sp³-hybridized carbons (Fsp3) is 0.111. The van der Waals surface area contributed by atoms with Gasteiger partial charge in [-0.15, -0.1) is 0 Å². The van der Waals surface area contributed by atoms with Gasteiger partial charge in [0.05, 0.1) is 0 Å². The van der Waals surface area contributed by atoms with Crippen LogP contribution in [0.5, 0.6) is 0 Å². The summed E-state index contributed by atoms with van der Waals surface area (Å²) in [6, 6.07) is 3.00. The van der Waals surface area contributed by atoms with Crippen LogP contribution in [0.3, 0.4) is 0 Å². The molecule has 0 spiro atoms. The normalized spacial score (nSPS) is 13.6. The van der Waals surface area contributed by atoms with Crippen LogP contribution >= 0.6 is 11.6 Å². The van der Waals surface area contributed by atoms with Crippen molar-refractivity contribution in [3.8, 4) is 0 Å². The van der Waals surface area contributed by atoms with Crippen molar-refractivity contribution in [1.29, 1.82) is 0 Å². The van der Waals surface area contributed by atoms with Crippen molar-refractivity contribution in [2.45, 2.75) is 6.42 Å². The monoisotopic (exact) mass is 168 g/mol. The lowest BCUT2D eigenvalue weighted by Crippen LogP contribution is -1.87. The van der Waals surface area contributed by atoms with E-state index >= 15 is 0 Å². The second-order valence-electron chi connectivity index (χ2n) is 2.53. The topological polar surface area (TPSA) is 0 Å². The fourth-order valence-electron chi connectivity index (χ4n) is 1.29. The average molecular weight is 169 g/mol. The van der Waals surface area contributed by atoms with Crippen LogP contribution in [0.1, 0.15) is 11.1 Å². The Labute approximate surface area is 69.3 Å². The molecule has 0 unspecified atom stereocenters. The molecule has 1 aliphatic carbocycles. The van der Waals surface area contributed by atoms with Crippen LogP contribution in [-0.4, -0.2) is 0 Å². The summed E-state index contributed by atoms with van der Waals surface area (Å²) >= 11 is 5.83. The summed E-state index contributed by atoms with van der Waals surface area (Å²) in [5.41, 5.74) is 1.56. The molecule has 0 aromatic heterocycles. The molecule has 0 amide bonds. The molecule has 1 aliphatic rings. The highest BCUT2D eigenvalue weighted by atomic mass is 35.5. The molecule has 2 rings (SSSR count). The molecule has 0 radical (unpaired) electrons. The molecule has 1 aromatic carbocycles. The first-order valence-corrected chi connectivity index (χ1v) is 3.80. The maximum Gasteiger partial charge on any atom is 0.130 e. The average Bonchev–Trinajstić information content (AvgIpc) is 2.45. The van der Waals surface area contributed by atoms with E-state index in [1.54, 1.807) is 12.1 Å². The SMILES string of the molecule is Fc1ccc(Cl)c2c1C=CC2. The molecule has 0 atom stereocenters. The van der Waals surface area contributed by atoms with E-state index in [2.05, 4.69) is 0 Å². The lowest BCUT2D eigenvalue weighted by molar-refractivity contribution is 0.624. The van der Waals surface area contributed by atoms with E-state index in [0.717, 1.165) is 12.0 Å². The highest BCUT2D eigenvalue weighted by Crippen LogP contribution is 2.28. The van der Waals surface area contributed by atoms with Gasteiger partial charge in [-0.25, -0.2) is 4.39 Å². The predicted molar refractivity (Wildman–Crippen MR) is 44.1 cm³/mol. The molecular formula is C9H6ClF. The van der Waals surface area contributed by atoms with Gasteiger partial charge in [0.2, 0.25) is 0 Å². The molecular weight excluding hydrogens is 163 g/mol. The molecule has 0 fully saturated rings. The van der Waals surface area contributed by atoms with Gasteiger partial charge in [-0.3, -0.25) is 0 Å². The third-order valence-electron chi connectivity index (χ3n) is 1.85. The Morgan fingerprint density at radius 1 is 1.36 bits per heavy atom. The van der Waals surface area contributed by atoms with Crippen LogP contribution in [-0.2, 0) is 6.42 Å². The number of rotatable bonds is 0. The van der Waals surface area contributed by atoms with E-state index in [1.165, 1.54) is 6.07 Å². The molecule has 1 aromatic rings. The predicted octanol–water partition coefficient (Wildman–Crippen LogP) is 3.05. The van der Waals surface area contributed by atoms with E-state index in [-0.39, 0.29) is 5.82 Å². The molecule has 0 saturated heterocycles. The van der Waals surface area contributed by atoms with E-state index in [1.807, 2.05) is 6.08 Å². The fourth-order valence-corrected chi connectivity index (χ4v) is 1.53. The Morgan fingerprint density at radius 3 is 2.91 bits per heavy atom. The third kappa shape index (κ3) is 0.962. The Bertz CT molecular complexity index is 329. The Balaban J connectivity index is 2.71. The minimum atomic E-state index is -0.182. The molecule has 56 valence electrons. The summed E-state index contributed by atoms with van der Waals surface area (Å²) < 4.78 is 13.0. The van der Waals surface area contributed by atoms with Crippen LogP contribution < -0.4 is 0 Å². The van der Waals surface area contributed by atoms with Gasteiger partial charge in [0.25, 0.3) is 0 Å². The summed E-state index contributed by atoms with van der Waals surface area (Å²) in [5, 5.41) is 0.659. The van der Waals surface area contributed by atoms with Gasteiger partial charge in [-0.05, 0) is 24.1 Å². The third-order valence-corrected chi connectivity index (χ3v) is 2.21. The number of hydrogen-bond donors (Lipinski definition) is 0. The van der Waals surface area contributed by atoms with Crippen LogP contribution in [0.4, 0.5) is 4.39 Å². The van der Waals surface area contributed by atoms with Crippen LogP contribution in [0, 0.1) is 5.82 Å². The standard InChI is InChI=1S/C9H6ClF/c10-8-4-5-9(11)7-3-1-2-6(7)8/h1,3-5H,2H2. The highest BCUT2D eigenvalue weighted by Gasteiger charge is 2.12. The van der Waals surface area contributed by atoms with Crippen LogP contribution in [0.2, 0.25) is 5.02 Å². The van der Waals surface area contributed by atoms with E-state index in [9.17, 15) is 4.39 Å². The van der Waals surface area contributed by atoms with Gasteiger partial charge in [0, 0.05) is 10.6 Å². The Kier molecular flexibility index (Phi) is 1.46. The first-order valence-electron chi connectivity index (χ1n) is 3.42. The second-order valence-corrected chi connectivity index (χ2v) is 2.94. The molecule has 0 N–H and O–H groups in total. The molecule has 0 aliphatic heterocycles. The van der Waals surface area contributed by atoms with Gasteiger partial charge < -0.3 is 0 Å². The summed E-state index contributed by atoms with van der Waals surface area (Å²) in [6.45, 7) is 0. The minimum Gasteiger partial charge on any atom is -0.206 e. The van der Waals surface area contributed by atoms with E-state index in [4.69, 9.17) is 11.6 Å². The zero-order chi connectivity index (χ0) is 7.84. The lowest BCUT2D eigenvalue weighted by Gasteiger charge is -2.01. The number of allylic oxidation sites excluding steroid dienone is 1. The summed E-state index contributed by atoms with van der Waals surface area (Å²) in [6.07, 6.45) is 4.45. The molecule has 0 nitrogen and oxygen atoms in total. The van der Waals surface area contributed by atoms with Crippen molar-refractivity contribution in [2.75, 3.05) is 0 Å². The summed E-state index contributed by atoms with van der Waals surface area (Å²) in [5.74, 6) is -0.182. The van der Waals surface area contributed by atoms with Crippen molar-refractivity contribution >= 4 is 17.7 Å². The highest BCUT2D eigenvalue weighted by molar-refractivity contribution is 6.31. The van der Waals surface area contributed by atoms with Crippen molar-refractivity contribution in [1.82, 2.24) is 0 Å². The number of fused-ring (bicyclic) bond motifs is 1. The van der Waals surface area contributed by atoms with Crippen molar-refractivity contribution < 1.29 is 4.39 Å². The van der Waals surface area contributed by atoms with Crippen molar-refractivity contribution in [3.05, 3.63) is 40.2 Å². The number of halogens is 2. The Morgan fingerprint density at radius 2 is 2.18 bits per heavy atom. The number of hydrogen-bond acceptors (Lipinski definition) is 0. The quantitative estimate of drug-likeness (QED) is 0.559. The first-order chi connectivity index (χ1) is 5.29. The van der Waals surface area contributed by atoms with Gasteiger partial charge in [-0.1, -0.05) is 23.8 Å². The maximum absolute atomic E-state index is 13.0. The molecule has 0 bridgehead atoms. The van der Waals surface area contributed by atoms with Crippen molar-refractivity contribution in [2.24, 2.45) is 0 Å². The first kappa shape index (κ1) is 6.86. The Hall–Kier alpha value is -0.820. The molecule has 0 heterocycles. The lowest BCUT2D eigenvalue weighted by atomic mass is 10.1. The zero-order valence-corrected chi connectivity index (χ0v) is 6.53. The van der Waals surface area contributed by atoms with Gasteiger partial charge in [-0.2, -0.15) is 0 Å². The molecule has 2 heteroatoms. The van der Waals surface area contributed by atoms with Gasteiger partial charge in [0.15, 0.2) is 0 Å². The van der Waals surface area contributed by atoms with Gasteiger partial charge >= 0.3 is 0 Å². The zero-order valence-electron chi connectivity index (χ0n) is 5.77. The molecule has 0 saturated carbocycles. The summed E-state index contributed by atoms with van der Waals surface area (Å²) in [4.78, 5) is 0. The van der Waals surface area contributed by atoms with E-state index in [0.29, 0.717) is 10.6 Å². The van der Waals surface area contributed by atoms with Crippen molar-refractivity contribution in [3.63, 3.8) is 0 Å². The smallest absolute Gasteiger partial charge is 0.130 e. The van der Waals surface area contributed by atoms with Crippen LogP contribution in [0.15, 0.2) is 18.2 Å². The van der Waals surface area contributed by atoms with E-state index < -0.39 is 0 Å². The van der Waals surface area contributed by atoms with Gasteiger partial charge in [0.1, 0.15) is 5.82 Å². The molecule has 11 heavy (non-hydrogen) atoms. The minimum absolute atomic E-state index is 0.182. The van der Waals surface area contributed by atoms with Crippen LogP contribution in [0.25, 0.3) is 6.08 Å². The maximum atomic E-state index is 13.0. The summed E-state index contributed by atoms with van der Waals surface area (Å²) in [7, 11) is 0. The number of benzene rings is 1. The second kappa shape index (κ2) is 2.35.